The van der Waals surface area contributed by atoms with E-state index in [1.807, 2.05) is 0 Å². The maximum absolute atomic E-state index is 8.12. The molecule has 0 aliphatic heterocycles. The molecule has 0 saturated carbocycles. The van der Waals surface area contributed by atoms with Crippen molar-refractivity contribution in [2.45, 2.75) is 10.3 Å². The molecule has 0 aromatic rings. The first-order chi connectivity index (χ1) is 1.73. The molecule has 0 fully saturated rings. The Labute approximate surface area is 43.4 Å². The molecule has 0 rings (SSSR count). The third-order valence-electron chi connectivity index (χ3n) is 0. The average Bonchev–Trinajstić information content (AvgIpc) is 0.811. The van der Waals surface area contributed by atoms with Gasteiger partial charge in [0.1, 0.15) is 0 Å². The third-order valence-corrected chi connectivity index (χ3v) is 0. The summed E-state index contributed by atoms with van der Waals surface area (Å²) in [6.45, 7) is 1.78. The summed E-state index contributed by atoms with van der Waals surface area (Å²) in [7, 11) is 0. The molecule has 0 radical (unpaired) electrons. The Balaban J connectivity index is 2.32. The molecule has 0 heterocycles. The summed E-state index contributed by atoms with van der Waals surface area (Å²) in [6, 6.07) is 0. The number of aliphatic hydroxyl groups excluding tert-OH is 1. The minimum absolute atomic E-state index is 0.0278. The van der Waals surface area contributed by atoms with E-state index in [2.05, 4.69) is 0 Å². The van der Waals surface area contributed by atoms with Crippen molar-refractivity contribution in [3.05, 3.63) is 0 Å². The third kappa shape index (κ3) is 12.3. The first-order valence-electron chi connectivity index (χ1n) is 1.41. The monoisotopic (exact) mass is 68.0 g/mol. The van der Waals surface area contributed by atoms with Gasteiger partial charge in [-0.15, -0.1) is 0 Å². The molecule has 0 aromatic carbocycles. The van der Waals surface area contributed by atoms with Crippen LogP contribution in [0.3, 0.4) is 0 Å². The van der Waals surface area contributed by atoms with Crippen molar-refractivity contribution in [3.63, 3.8) is 0 Å². The molecule has 4 heavy (non-hydrogen) atoms. The molecule has 20 valence electrons. The molecule has 0 saturated heterocycles. The number of hydrogen-bond acceptors (Lipinski definition) is 1. The molecule has 0 aromatic heterocycles. The topological polar surface area (TPSA) is 20.2 Å². The van der Waals surface area contributed by atoms with E-state index in [9.17, 15) is 0 Å². The van der Waals surface area contributed by atoms with Crippen molar-refractivity contribution in [2.75, 3.05) is 0 Å². The van der Waals surface area contributed by atoms with Gasteiger partial charge in [-0.05, 0) is 0 Å². The standard InChI is InChI=1S/C2H5O.Na/c1-2-3;/h2-3H,1H3;. The second kappa shape index (κ2) is 2.21. The van der Waals surface area contributed by atoms with E-state index in [1.165, 1.54) is 0 Å². The van der Waals surface area contributed by atoms with Crippen LogP contribution in [0.5, 0.6) is 0 Å². The maximum atomic E-state index is 8.12. The summed E-state index contributed by atoms with van der Waals surface area (Å²) in [5, 5.41) is 8.12. The predicted molar refractivity (Wildman–Crippen MR) is 17.4 cm³/mol. The van der Waals surface area contributed by atoms with Gasteiger partial charge >= 0.3 is 43.3 Å². The second-order valence-electron chi connectivity index (χ2n) is 1.09. The predicted octanol–water partition coefficient (Wildman–Crippen LogP) is -0.507. The molecule has 0 aliphatic carbocycles. The Morgan fingerprint density at radius 1 is 2.00 bits per heavy atom. The van der Waals surface area contributed by atoms with Gasteiger partial charge in [0.15, 0.2) is 0 Å². The van der Waals surface area contributed by atoms with Crippen molar-refractivity contribution in [1.82, 2.24) is 0 Å². The summed E-state index contributed by atoms with van der Waals surface area (Å²) < 4.78 is -0.0278. The van der Waals surface area contributed by atoms with Crippen molar-refractivity contribution < 1.29 is 5.11 Å². The summed E-state index contributed by atoms with van der Waals surface area (Å²) in [5.41, 5.74) is 0. The van der Waals surface area contributed by atoms with Crippen molar-refractivity contribution >= 4 is 27.9 Å². The minimum atomic E-state index is -0.0278. The molecule has 2 heteroatoms. The Bertz CT molecular complexity index is 10.8. The molecular formula is C2H5NaO. The molecule has 0 bridgehead atoms. The van der Waals surface area contributed by atoms with Crippen molar-refractivity contribution in [3.8, 4) is 0 Å². The van der Waals surface area contributed by atoms with Crippen LogP contribution in [-0.4, -0.2) is 36.4 Å². The van der Waals surface area contributed by atoms with Gasteiger partial charge in [-0.3, -0.25) is 0 Å². The molecule has 0 amide bonds. The molecule has 1 atom stereocenters. The Morgan fingerprint density at radius 2 is 2.00 bits per heavy atom. The van der Waals surface area contributed by atoms with Crippen LogP contribution >= 0.6 is 0 Å². The van der Waals surface area contributed by atoms with E-state index >= 15 is 0 Å². The van der Waals surface area contributed by atoms with Crippen LogP contribution in [0.15, 0.2) is 0 Å². The van der Waals surface area contributed by atoms with Gasteiger partial charge in [0.25, 0.3) is 0 Å². The first kappa shape index (κ1) is 4.96. The number of rotatable bonds is 0. The van der Waals surface area contributed by atoms with Gasteiger partial charge < -0.3 is 0 Å². The van der Waals surface area contributed by atoms with E-state index in [-0.39, 0.29) is 3.35 Å². The zero-order valence-corrected chi connectivity index (χ0v) is 5.02. The van der Waals surface area contributed by atoms with Crippen LogP contribution in [0, 0.1) is 0 Å². The molecule has 0 spiro atoms. The van der Waals surface area contributed by atoms with Crippen LogP contribution in [0.2, 0.25) is 0 Å². The van der Waals surface area contributed by atoms with Gasteiger partial charge in [0.05, 0.1) is 0 Å². The summed E-state index contributed by atoms with van der Waals surface area (Å²) in [5.74, 6) is 0. The molecule has 1 unspecified atom stereocenters. The van der Waals surface area contributed by atoms with Crippen LogP contribution < -0.4 is 0 Å². The van der Waals surface area contributed by atoms with Crippen molar-refractivity contribution in [1.29, 1.82) is 0 Å². The summed E-state index contributed by atoms with van der Waals surface area (Å²) in [4.78, 5) is 0. The summed E-state index contributed by atoms with van der Waals surface area (Å²) >= 11 is 0.904. The Hall–Kier alpha value is 0.960. The van der Waals surface area contributed by atoms with Gasteiger partial charge in [0.2, 0.25) is 0 Å². The van der Waals surface area contributed by atoms with Gasteiger partial charge in [0, 0.05) is 0 Å². The molecule has 0 aliphatic rings. The Morgan fingerprint density at radius 3 is 2.00 bits per heavy atom. The van der Waals surface area contributed by atoms with Crippen LogP contribution in [0.1, 0.15) is 6.92 Å². The van der Waals surface area contributed by atoms with E-state index in [0.717, 1.165) is 27.9 Å². The zero-order valence-electron chi connectivity index (χ0n) is 3.02. The van der Waals surface area contributed by atoms with Crippen molar-refractivity contribution in [2.24, 2.45) is 0 Å². The Kier molecular flexibility index (Phi) is 2.74. The van der Waals surface area contributed by atoms with E-state index in [4.69, 9.17) is 5.11 Å². The average molecular weight is 68.1 g/mol. The summed E-state index contributed by atoms with van der Waals surface area (Å²) in [6.07, 6.45) is 0. The van der Waals surface area contributed by atoms with E-state index < -0.39 is 0 Å². The first-order valence-corrected chi connectivity index (χ1v) is 2.57. The molecule has 1 N–H and O–H groups in total. The van der Waals surface area contributed by atoms with Crippen LogP contribution in [-0.2, 0) is 0 Å². The fourth-order valence-electron chi connectivity index (χ4n) is 0. The van der Waals surface area contributed by atoms with E-state index in [1.54, 1.807) is 6.92 Å². The van der Waals surface area contributed by atoms with Crippen LogP contribution in [0.25, 0.3) is 0 Å². The SMILES string of the molecule is C[CH](O)[Na]. The number of hydrogen-bond donors (Lipinski definition) is 1. The zero-order chi connectivity index (χ0) is 3.58. The van der Waals surface area contributed by atoms with Gasteiger partial charge in [-0.2, -0.15) is 0 Å². The van der Waals surface area contributed by atoms with Crippen LogP contribution in [0.4, 0.5) is 0 Å². The molecule has 1 nitrogen and oxygen atoms in total. The van der Waals surface area contributed by atoms with Gasteiger partial charge in [-0.25, -0.2) is 0 Å². The fraction of sp³-hybridized carbons (Fsp3) is 1.00. The van der Waals surface area contributed by atoms with Gasteiger partial charge in [-0.1, -0.05) is 0 Å². The number of aliphatic hydroxyl groups is 1. The van der Waals surface area contributed by atoms with E-state index in [0.29, 0.717) is 0 Å². The second-order valence-corrected chi connectivity index (χ2v) is 2.76. The fourth-order valence-corrected chi connectivity index (χ4v) is 0. The normalized spacial score (nSPS) is 16.0. The molecular weight excluding hydrogens is 63.0 g/mol. The quantitative estimate of drug-likeness (QED) is 0.379.